The lowest BCUT2D eigenvalue weighted by atomic mass is 9.84. The molecule has 6 aromatic rings. The summed E-state index contributed by atoms with van der Waals surface area (Å²) in [6, 6.07) is 28.5. The Balaban J connectivity index is 1.15. The molecule has 5 aromatic carbocycles. The van der Waals surface area contributed by atoms with Gasteiger partial charge in [0.2, 0.25) is 11.6 Å². The highest BCUT2D eigenvalue weighted by Crippen LogP contribution is 2.49. The maximum atomic E-state index is 15.5. The molecule has 336 valence electrons. The maximum Gasteiger partial charge on any atom is 0.367 e. The molecule has 0 saturated carbocycles. The van der Waals surface area contributed by atoms with Crippen molar-refractivity contribution in [2.45, 2.75) is 51.4 Å². The maximum absolute atomic E-state index is 15.5. The third-order valence-electron chi connectivity index (χ3n) is 12.6. The molecule has 3 aliphatic carbocycles. The normalized spacial score (nSPS) is 17.3. The van der Waals surface area contributed by atoms with E-state index in [-0.39, 0.29) is 11.5 Å². The van der Waals surface area contributed by atoms with Crippen LogP contribution in [0.5, 0.6) is 0 Å². The van der Waals surface area contributed by atoms with Crippen LogP contribution in [0, 0.1) is 58.2 Å². The number of fused-ring (bicyclic) bond motifs is 2. The summed E-state index contributed by atoms with van der Waals surface area (Å²) in [7, 11) is 0. The van der Waals surface area contributed by atoms with Crippen LogP contribution in [0.2, 0.25) is 0 Å². The van der Waals surface area contributed by atoms with Crippen LogP contribution in [0.3, 0.4) is 0 Å². The lowest BCUT2D eigenvalue weighted by Crippen LogP contribution is -2.15. The standard InChI is InChI=1S/C55H35F10O2/c56-44-42(45(57)49(61)52(64)48(44)60)39-26-37(28-12-4-1-5-13-28)35-20-10-18-33(54(35)66-39)24-31-22-23-32(41(31)30-16-8-3-9-17-30)25-34-19-11-21-36-38(29-14-6-2-7-15-29)27-40(67-55(34)36)43-46(58)50(62)53(65)51(63)47(43)59/h1-9,12-17,24-27H,10-11,18-23H2/q+1. The topological polar surface area (TPSA) is 20.5 Å². The van der Waals surface area contributed by atoms with Crippen molar-refractivity contribution in [1.29, 1.82) is 0 Å². The van der Waals surface area contributed by atoms with Gasteiger partial charge in [-0.05, 0) is 108 Å². The predicted molar refractivity (Wildman–Crippen MR) is 235 cm³/mol. The molecule has 0 atom stereocenters. The second-order valence-corrected chi connectivity index (χ2v) is 16.6. The fourth-order valence-electron chi connectivity index (χ4n) is 9.56. The first-order valence-corrected chi connectivity index (χ1v) is 21.6. The number of benzene rings is 5. The minimum atomic E-state index is -2.28. The van der Waals surface area contributed by atoms with E-state index in [1.807, 2.05) is 42.5 Å². The zero-order valence-corrected chi connectivity index (χ0v) is 35.2. The van der Waals surface area contributed by atoms with Gasteiger partial charge >= 0.3 is 11.5 Å². The Morgan fingerprint density at radius 3 is 1.60 bits per heavy atom. The van der Waals surface area contributed by atoms with Crippen LogP contribution >= 0.6 is 0 Å². The quantitative estimate of drug-likeness (QED) is 0.0688. The summed E-state index contributed by atoms with van der Waals surface area (Å²) in [5.74, 6) is -21.7. The van der Waals surface area contributed by atoms with Gasteiger partial charge in [0.05, 0.1) is 22.8 Å². The van der Waals surface area contributed by atoms with Gasteiger partial charge in [0, 0.05) is 11.1 Å². The van der Waals surface area contributed by atoms with Crippen LogP contribution in [-0.4, -0.2) is 0 Å². The van der Waals surface area contributed by atoms with Crippen molar-refractivity contribution in [2.75, 3.05) is 0 Å². The van der Waals surface area contributed by atoms with E-state index in [9.17, 15) is 26.3 Å². The number of halogens is 10. The monoisotopic (exact) mass is 917 g/mol. The van der Waals surface area contributed by atoms with Crippen molar-refractivity contribution in [3.63, 3.8) is 0 Å². The number of hydrogen-bond acceptors (Lipinski definition) is 1. The average Bonchev–Trinajstić information content (AvgIpc) is 3.75. The van der Waals surface area contributed by atoms with Gasteiger partial charge in [-0.2, -0.15) is 0 Å². The van der Waals surface area contributed by atoms with Crippen molar-refractivity contribution < 1.29 is 53.1 Å². The molecular formula is C55H35F10O2+. The molecule has 2 heterocycles. The van der Waals surface area contributed by atoms with Crippen molar-refractivity contribution in [3.8, 4) is 22.5 Å². The molecule has 12 heteroatoms. The Hall–Kier alpha value is -7.21. The predicted octanol–water partition coefficient (Wildman–Crippen LogP) is 16.1. The van der Waals surface area contributed by atoms with Crippen LogP contribution in [0.25, 0.3) is 44.9 Å². The van der Waals surface area contributed by atoms with E-state index >= 15 is 17.6 Å². The molecule has 0 unspecified atom stereocenters. The fourth-order valence-corrected chi connectivity index (χ4v) is 9.56. The molecule has 0 amide bonds. The molecule has 0 bridgehead atoms. The first kappa shape index (κ1) is 43.7. The summed E-state index contributed by atoms with van der Waals surface area (Å²) < 4.78 is 161. The van der Waals surface area contributed by atoms with Crippen molar-refractivity contribution in [2.24, 2.45) is 0 Å². The molecular weight excluding hydrogens is 883 g/mol. The van der Waals surface area contributed by atoms with Crippen molar-refractivity contribution in [1.82, 2.24) is 0 Å². The van der Waals surface area contributed by atoms with E-state index in [0.717, 1.165) is 22.3 Å². The van der Waals surface area contributed by atoms with E-state index in [0.29, 0.717) is 95.9 Å². The molecule has 1 aromatic heterocycles. The van der Waals surface area contributed by atoms with Crippen LogP contribution in [0.4, 0.5) is 43.9 Å². The average molecular weight is 918 g/mol. The SMILES string of the molecule is Fc1c(F)c(F)c(C2=CC(c3ccccc3)=C3CCCC(/C=C4\CCC(/C=C5\CCCc6c(-c7ccccc7)cc(-c7c(F)c(F)c(F)c(F)c7F)[o+]c65)=C4c4ccccc4)=C3O2)c(F)c1F. The molecule has 0 saturated heterocycles. The molecule has 0 fully saturated rings. The minimum Gasteiger partial charge on any atom is -0.456 e. The van der Waals surface area contributed by atoms with E-state index in [4.69, 9.17) is 9.15 Å². The minimum absolute atomic E-state index is 0.243. The van der Waals surface area contributed by atoms with Gasteiger partial charge in [0.1, 0.15) is 11.5 Å². The van der Waals surface area contributed by atoms with Gasteiger partial charge in [0.15, 0.2) is 52.1 Å². The summed E-state index contributed by atoms with van der Waals surface area (Å²) in [4.78, 5) is 0. The van der Waals surface area contributed by atoms with Crippen LogP contribution in [-0.2, 0) is 11.2 Å². The van der Waals surface area contributed by atoms with Crippen LogP contribution in [0.1, 0.15) is 73.0 Å². The number of allylic oxidation sites excluding steroid dienone is 10. The first-order valence-electron chi connectivity index (χ1n) is 21.6. The van der Waals surface area contributed by atoms with E-state index < -0.39 is 80.8 Å². The van der Waals surface area contributed by atoms with Crippen molar-refractivity contribution in [3.05, 3.63) is 230 Å². The molecule has 2 nitrogen and oxygen atoms in total. The van der Waals surface area contributed by atoms with Gasteiger partial charge < -0.3 is 4.74 Å². The molecule has 4 aliphatic rings. The summed E-state index contributed by atoms with van der Waals surface area (Å²) in [5.41, 5.74) is 5.96. The number of rotatable bonds is 7. The van der Waals surface area contributed by atoms with Crippen molar-refractivity contribution >= 4 is 22.5 Å². The van der Waals surface area contributed by atoms with Crippen LogP contribution < -0.4 is 0 Å². The first-order chi connectivity index (χ1) is 32.4. The van der Waals surface area contributed by atoms with E-state index in [2.05, 4.69) is 0 Å². The largest absolute Gasteiger partial charge is 0.456 e. The Labute approximate surface area is 377 Å². The molecule has 0 N–H and O–H groups in total. The van der Waals surface area contributed by atoms with E-state index in [1.54, 1.807) is 60.7 Å². The lowest BCUT2D eigenvalue weighted by molar-refractivity contribution is 0.346. The van der Waals surface area contributed by atoms with Gasteiger partial charge in [0.25, 0.3) is 0 Å². The lowest BCUT2D eigenvalue weighted by Gasteiger charge is -2.30. The van der Waals surface area contributed by atoms with Crippen LogP contribution in [0.15, 0.2) is 148 Å². The van der Waals surface area contributed by atoms with E-state index in [1.165, 1.54) is 12.1 Å². The highest BCUT2D eigenvalue weighted by Gasteiger charge is 2.39. The molecule has 1 aliphatic heterocycles. The Morgan fingerprint density at radius 1 is 0.463 bits per heavy atom. The summed E-state index contributed by atoms with van der Waals surface area (Å²) in [5, 5.41) is 0. The zero-order chi connectivity index (χ0) is 46.7. The van der Waals surface area contributed by atoms with Gasteiger partial charge in [-0.1, -0.05) is 97.1 Å². The van der Waals surface area contributed by atoms with Gasteiger partial charge in [-0.3, -0.25) is 0 Å². The highest BCUT2D eigenvalue weighted by atomic mass is 19.2. The zero-order valence-electron chi connectivity index (χ0n) is 35.2. The Morgan fingerprint density at radius 2 is 0.985 bits per heavy atom. The summed E-state index contributed by atoms with van der Waals surface area (Å²) in [6.45, 7) is 0. The Kier molecular flexibility index (Phi) is 11.4. The molecule has 0 spiro atoms. The molecule has 10 rings (SSSR count). The number of hydrogen-bond donors (Lipinski definition) is 0. The molecule has 67 heavy (non-hydrogen) atoms. The third kappa shape index (κ3) is 7.62. The van der Waals surface area contributed by atoms with Gasteiger partial charge in [-0.15, -0.1) is 0 Å². The second kappa shape index (κ2) is 17.5. The van der Waals surface area contributed by atoms with Gasteiger partial charge in [-0.25, -0.2) is 48.3 Å². The Bertz CT molecular complexity index is 3180. The smallest absolute Gasteiger partial charge is 0.367 e. The second-order valence-electron chi connectivity index (χ2n) is 16.6. The third-order valence-corrected chi connectivity index (χ3v) is 12.6. The molecule has 0 radical (unpaired) electrons. The summed E-state index contributed by atoms with van der Waals surface area (Å²) >= 11 is 0. The fraction of sp³-hybridized carbons (Fsp3) is 0.145. The highest BCUT2D eigenvalue weighted by molar-refractivity contribution is 5.91. The summed E-state index contributed by atoms with van der Waals surface area (Å²) in [6.07, 6.45) is 9.37. The number of ether oxygens (including phenoxy) is 1.